The van der Waals surface area contributed by atoms with Crippen LogP contribution in [-0.2, 0) is 11.3 Å². The van der Waals surface area contributed by atoms with Crippen molar-refractivity contribution in [1.82, 2.24) is 0 Å². The van der Waals surface area contributed by atoms with Crippen LogP contribution >= 0.6 is 11.6 Å². The Morgan fingerprint density at radius 1 is 0.861 bits per heavy atom. The van der Waals surface area contributed by atoms with E-state index in [2.05, 4.69) is 0 Å². The molecule has 4 aromatic rings. The zero-order valence-electron chi connectivity index (χ0n) is 19.4. The van der Waals surface area contributed by atoms with Gasteiger partial charge in [0.1, 0.15) is 5.75 Å². The van der Waals surface area contributed by atoms with Gasteiger partial charge in [0.15, 0.2) is 0 Å². The first-order valence-corrected chi connectivity index (χ1v) is 11.7. The Morgan fingerprint density at radius 3 is 2.25 bits per heavy atom. The summed E-state index contributed by atoms with van der Waals surface area (Å²) in [5.74, 6) is -0.547. The fourth-order valence-corrected chi connectivity index (χ4v) is 4.62. The van der Waals surface area contributed by atoms with E-state index in [4.69, 9.17) is 16.3 Å². The van der Waals surface area contributed by atoms with Gasteiger partial charge in [0, 0.05) is 16.2 Å². The second kappa shape index (κ2) is 9.72. The minimum Gasteiger partial charge on any atom is -0.497 e. The van der Waals surface area contributed by atoms with E-state index >= 15 is 0 Å². The maximum Gasteiger partial charge on any atom is 0.335 e. The summed E-state index contributed by atoms with van der Waals surface area (Å²) in [5, 5.41) is 10.0. The lowest BCUT2D eigenvalue weighted by molar-refractivity contribution is -0.113. The first-order chi connectivity index (χ1) is 17.5. The average Bonchev–Trinajstić information content (AvgIpc) is 3.16. The summed E-state index contributed by atoms with van der Waals surface area (Å²) in [6.07, 6.45) is 0. The molecule has 4 aromatic carbocycles. The molecule has 36 heavy (non-hydrogen) atoms. The number of anilines is 1. The van der Waals surface area contributed by atoms with Crippen LogP contribution in [0.1, 0.15) is 32.6 Å². The number of carbonyl (C=O) groups excluding carboxylic acids is 1. The van der Waals surface area contributed by atoms with Crippen LogP contribution in [0, 0.1) is 0 Å². The lowest BCUT2D eigenvalue weighted by atomic mass is 9.90. The number of carbonyl (C=O) groups is 2. The van der Waals surface area contributed by atoms with Gasteiger partial charge in [0.2, 0.25) is 0 Å². The molecule has 0 spiro atoms. The number of benzene rings is 4. The third-order valence-corrected chi connectivity index (χ3v) is 6.43. The van der Waals surface area contributed by atoms with Crippen molar-refractivity contribution in [2.45, 2.75) is 6.54 Å². The number of nitrogens with zero attached hydrogens (tertiary/aromatic N) is 1. The molecule has 1 aliphatic rings. The zero-order valence-corrected chi connectivity index (χ0v) is 20.2. The van der Waals surface area contributed by atoms with Gasteiger partial charge in [-0.25, -0.2) is 4.79 Å². The van der Waals surface area contributed by atoms with Crippen LogP contribution in [0.5, 0.6) is 5.75 Å². The summed E-state index contributed by atoms with van der Waals surface area (Å²) < 4.78 is 5.49. The largest absolute Gasteiger partial charge is 0.497 e. The topological polar surface area (TPSA) is 66.8 Å². The van der Waals surface area contributed by atoms with Gasteiger partial charge >= 0.3 is 5.97 Å². The molecule has 0 fully saturated rings. The normalized spacial score (nSPS) is 13.9. The number of carboxylic acid groups (broad SMARTS) is 1. The number of hydrogen-bond acceptors (Lipinski definition) is 3. The summed E-state index contributed by atoms with van der Waals surface area (Å²) in [6, 6.07) is 29.4. The van der Waals surface area contributed by atoms with Gasteiger partial charge < -0.3 is 14.7 Å². The average molecular weight is 496 g/mol. The maximum atomic E-state index is 14.1. The third kappa shape index (κ3) is 4.37. The van der Waals surface area contributed by atoms with E-state index in [1.54, 1.807) is 24.1 Å². The van der Waals surface area contributed by atoms with Gasteiger partial charge in [-0.15, -0.1) is 0 Å². The van der Waals surface area contributed by atoms with Crippen molar-refractivity contribution >= 4 is 40.3 Å². The number of carboxylic acids is 1. The predicted octanol–water partition coefficient (Wildman–Crippen LogP) is 6.55. The Labute approximate surface area is 213 Å². The van der Waals surface area contributed by atoms with Gasteiger partial charge in [0.25, 0.3) is 5.91 Å². The fraction of sp³-hybridized carbons (Fsp3) is 0.0667. The first kappa shape index (κ1) is 23.4. The van der Waals surface area contributed by atoms with Gasteiger partial charge in [-0.2, -0.15) is 0 Å². The standard InChI is InChI=1S/C30H22ClNO4/c1-36-24-14-15-26-25(17-24)28(29(33)32(26)18-19-6-5-9-22(16-19)30(34)35)27(20-7-3-2-4-8-20)21-10-12-23(31)13-11-21/h2-17H,18H2,1H3,(H,34,35). The molecule has 0 atom stereocenters. The molecule has 0 aliphatic carbocycles. The molecule has 0 unspecified atom stereocenters. The lowest BCUT2D eigenvalue weighted by Crippen LogP contribution is -2.26. The highest BCUT2D eigenvalue weighted by Gasteiger charge is 2.36. The Bertz CT molecular complexity index is 1490. The van der Waals surface area contributed by atoms with Crippen LogP contribution in [0.4, 0.5) is 5.69 Å². The number of halogens is 1. The van der Waals surface area contributed by atoms with Crippen molar-refractivity contribution in [2.24, 2.45) is 0 Å². The van der Waals surface area contributed by atoms with Crippen LogP contribution in [0.2, 0.25) is 5.02 Å². The van der Waals surface area contributed by atoms with Crippen LogP contribution in [-0.4, -0.2) is 24.1 Å². The number of methoxy groups -OCH3 is 1. The van der Waals surface area contributed by atoms with Crippen LogP contribution in [0.25, 0.3) is 11.1 Å². The highest BCUT2D eigenvalue weighted by atomic mass is 35.5. The number of amides is 1. The van der Waals surface area contributed by atoms with E-state index < -0.39 is 5.97 Å². The molecule has 1 heterocycles. The molecular weight excluding hydrogens is 474 g/mol. The van der Waals surface area contributed by atoms with Crippen molar-refractivity contribution in [1.29, 1.82) is 0 Å². The Morgan fingerprint density at radius 2 is 1.56 bits per heavy atom. The molecular formula is C30H22ClNO4. The molecule has 178 valence electrons. The zero-order chi connectivity index (χ0) is 25.2. The second-order valence-corrected chi connectivity index (χ2v) is 8.84. The Hall–Kier alpha value is -4.35. The maximum absolute atomic E-state index is 14.1. The molecule has 0 radical (unpaired) electrons. The van der Waals surface area contributed by atoms with E-state index in [0.717, 1.165) is 33.5 Å². The van der Waals surface area contributed by atoms with Crippen molar-refractivity contribution in [3.05, 3.63) is 130 Å². The van der Waals surface area contributed by atoms with Crippen LogP contribution < -0.4 is 9.64 Å². The molecule has 1 amide bonds. The molecule has 0 aromatic heterocycles. The smallest absolute Gasteiger partial charge is 0.335 e. The molecule has 0 saturated carbocycles. The number of hydrogen-bond donors (Lipinski definition) is 1. The summed E-state index contributed by atoms with van der Waals surface area (Å²) >= 11 is 6.17. The fourth-order valence-electron chi connectivity index (χ4n) is 4.50. The third-order valence-electron chi connectivity index (χ3n) is 6.18. The van der Waals surface area contributed by atoms with E-state index in [0.29, 0.717) is 16.3 Å². The quantitative estimate of drug-likeness (QED) is 0.308. The van der Waals surface area contributed by atoms with Gasteiger partial charge in [-0.3, -0.25) is 4.79 Å². The summed E-state index contributed by atoms with van der Waals surface area (Å²) in [6.45, 7) is 0.228. The van der Waals surface area contributed by atoms with E-state index in [1.807, 2.05) is 78.9 Å². The number of rotatable bonds is 6. The number of aromatic carboxylic acids is 1. The molecule has 5 nitrogen and oxygen atoms in total. The van der Waals surface area contributed by atoms with Crippen molar-refractivity contribution in [3.8, 4) is 5.75 Å². The van der Waals surface area contributed by atoms with Crippen molar-refractivity contribution in [2.75, 3.05) is 12.0 Å². The second-order valence-electron chi connectivity index (χ2n) is 8.40. The molecule has 5 rings (SSSR count). The summed E-state index contributed by atoms with van der Waals surface area (Å²) in [4.78, 5) is 27.3. The monoisotopic (exact) mass is 495 g/mol. The minimum atomic E-state index is -1.01. The number of ether oxygens (including phenoxy) is 1. The molecule has 0 saturated heterocycles. The first-order valence-electron chi connectivity index (χ1n) is 11.3. The molecule has 6 heteroatoms. The minimum absolute atomic E-state index is 0.173. The van der Waals surface area contributed by atoms with Gasteiger partial charge in [-0.1, -0.05) is 66.2 Å². The predicted molar refractivity (Wildman–Crippen MR) is 141 cm³/mol. The highest BCUT2D eigenvalue weighted by molar-refractivity contribution is 6.39. The van der Waals surface area contributed by atoms with E-state index in [9.17, 15) is 14.7 Å². The Balaban J connectivity index is 1.73. The summed E-state index contributed by atoms with van der Waals surface area (Å²) in [5.41, 5.74) is 5.47. The van der Waals surface area contributed by atoms with Crippen molar-refractivity contribution in [3.63, 3.8) is 0 Å². The van der Waals surface area contributed by atoms with Crippen LogP contribution in [0.3, 0.4) is 0 Å². The van der Waals surface area contributed by atoms with Crippen molar-refractivity contribution < 1.29 is 19.4 Å². The van der Waals surface area contributed by atoms with E-state index in [-0.39, 0.29) is 18.0 Å². The van der Waals surface area contributed by atoms with Gasteiger partial charge in [-0.05, 0) is 59.2 Å². The van der Waals surface area contributed by atoms with Gasteiger partial charge in [0.05, 0.1) is 30.5 Å². The molecule has 1 aliphatic heterocycles. The SMILES string of the molecule is COc1ccc2c(c1)C(=C(c1ccccc1)c1ccc(Cl)cc1)C(=O)N2Cc1cccc(C(=O)O)c1. The van der Waals surface area contributed by atoms with E-state index in [1.165, 1.54) is 6.07 Å². The van der Waals surface area contributed by atoms with Crippen LogP contribution in [0.15, 0.2) is 97.1 Å². The lowest BCUT2D eigenvalue weighted by Gasteiger charge is -2.18. The summed E-state index contributed by atoms with van der Waals surface area (Å²) in [7, 11) is 1.59. The number of fused-ring (bicyclic) bond motifs is 1. The Kier molecular flexibility index (Phi) is 6.32. The molecule has 1 N–H and O–H groups in total. The highest BCUT2D eigenvalue weighted by Crippen LogP contribution is 2.45. The molecule has 0 bridgehead atoms.